The van der Waals surface area contributed by atoms with Crippen molar-refractivity contribution in [2.45, 2.75) is 25.9 Å². The van der Waals surface area contributed by atoms with Crippen LogP contribution in [0.2, 0.25) is 0 Å². The zero-order valence-electron chi connectivity index (χ0n) is 19.6. The molecule has 0 saturated heterocycles. The Bertz CT molecular complexity index is 1240. The molecule has 0 unspecified atom stereocenters. The van der Waals surface area contributed by atoms with Gasteiger partial charge >= 0.3 is 6.18 Å². The molecule has 4 rings (SSSR count). The molecule has 2 aromatic heterocycles. The Morgan fingerprint density at radius 2 is 1.94 bits per heavy atom. The molecule has 3 N–H and O–H groups in total. The molecule has 0 saturated carbocycles. The molecule has 0 fully saturated rings. The highest BCUT2D eigenvalue weighted by molar-refractivity contribution is 7.80. The summed E-state index contributed by atoms with van der Waals surface area (Å²) in [7, 11) is 4.08. The fourth-order valence-electron chi connectivity index (χ4n) is 3.75. The van der Waals surface area contributed by atoms with Crippen LogP contribution in [0.25, 0.3) is 11.3 Å². The Balaban J connectivity index is 1.57. The fourth-order valence-corrected chi connectivity index (χ4v) is 4.02. The van der Waals surface area contributed by atoms with Crippen molar-refractivity contribution in [1.82, 2.24) is 19.9 Å². The van der Waals surface area contributed by atoms with E-state index in [0.717, 1.165) is 54.4 Å². The van der Waals surface area contributed by atoms with Crippen LogP contribution in [-0.4, -0.2) is 52.0 Å². The van der Waals surface area contributed by atoms with Crippen molar-refractivity contribution in [3.8, 4) is 11.3 Å². The van der Waals surface area contributed by atoms with Crippen LogP contribution in [-0.2, 0) is 12.6 Å². The van der Waals surface area contributed by atoms with Crippen LogP contribution in [0.1, 0.15) is 23.2 Å². The largest absolute Gasteiger partial charge is 0.416 e. The highest BCUT2D eigenvalue weighted by Gasteiger charge is 2.32. The van der Waals surface area contributed by atoms with Gasteiger partial charge in [0.1, 0.15) is 5.82 Å². The molecule has 0 bridgehead atoms. The lowest BCUT2D eigenvalue weighted by atomic mass is 10.0. The SMILES string of the molecule is Cc1nc(NCCCN(C)C)ccc1Nc1ncc2c(n1)-c1ccc(C(F)(F)F)cc1NC(=S)C2. The fraction of sp³-hybridized carbons (Fsp3) is 0.333. The lowest BCUT2D eigenvalue weighted by Gasteiger charge is -2.14. The molecule has 0 atom stereocenters. The van der Waals surface area contributed by atoms with Crippen LogP contribution in [0, 0.1) is 6.92 Å². The standard InChI is InChI=1S/C24H26F3N7S/c1-14-18(7-8-20(30-14)28-9-4-10-34(2)3)32-23-29-13-15-11-21(35)31-19-12-16(24(25,26)27)5-6-17(19)22(15)33-23/h5-8,12-13H,4,9-11H2,1-3H3,(H,28,30)(H,31,35)(H,29,32,33). The minimum Gasteiger partial charge on any atom is -0.370 e. The smallest absolute Gasteiger partial charge is 0.370 e. The van der Waals surface area contributed by atoms with Gasteiger partial charge in [-0.2, -0.15) is 13.2 Å². The maximum absolute atomic E-state index is 13.2. The molecule has 1 aromatic carbocycles. The second kappa shape index (κ2) is 10.1. The Labute approximate surface area is 207 Å². The van der Waals surface area contributed by atoms with Gasteiger partial charge in [-0.05, 0) is 58.3 Å². The highest BCUT2D eigenvalue weighted by Crippen LogP contribution is 2.38. The van der Waals surface area contributed by atoms with Crippen LogP contribution in [0.15, 0.2) is 36.5 Å². The van der Waals surface area contributed by atoms with Crippen molar-refractivity contribution in [2.24, 2.45) is 0 Å². The number of alkyl halides is 3. The van der Waals surface area contributed by atoms with Crippen LogP contribution in [0.4, 0.5) is 36.3 Å². The first-order valence-corrected chi connectivity index (χ1v) is 11.5. The van der Waals surface area contributed by atoms with Gasteiger partial charge in [-0.3, -0.25) is 0 Å². The topological polar surface area (TPSA) is 78.0 Å². The number of hydrogen-bond donors (Lipinski definition) is 3. The van der Waals surface area contributed by atoms with E-state index in [1.807, 2.05) is 33.2 Å². The number of aromatic nitrogens is 3. The first-order valence-electron chi connectivity index (χ1n) is 11.1. The summed E-state index contributed by atoms with van der Waals surface area (Å²) in [6, 6.07) is 7.30. The summed E-state index contributed by atoms with van der Waals surface area (Å²) in [5.74, 6) is 1.10. The van der Waals surface area contributed by atoms with E-state index in [9.17, 15) is 13.2 Å². The van der Waals surface area contributed by atoms with Crippen molar-refractivity contribution in [2.75, 3.05) is 43.1 Å². The number of benzene rings is 1. The molecule has 35 heavy (non-hydrogen) atoms. The average Bonchev–Trinajstić information content (AvgIpc) is 2.92. The number of rotatable bonds is 7. The molecule has 0 aliphatic carbocycles. The van der Waals surface area contributed by atoms with Crippen molar-refractivity contribution >= 4 is 40.3 Å². The first kappa shape index (κ1) is 24.8. The lowest BCUT2D eigenvalue weighted by Crippen LogP contribution is -2.16. The normalized spacial score (nSPS) is 13.1. The molecule has 0 radical (unpaired) electrons. The average molecular weight is 502 g/mol. The van der Waals surface area contributed by atoms with Gasteiger partial charge in [0.2, 0.25) is 5.95 Å². The summed E-state index contributed by atoms with van der Waals surface area (Å²) in [6.07, 6.45) is -1.48. The quantitative estimate of drug-likeness (QED) is 0.299. The maximum atomic E-state index is 13.2. The highest BCUT2D eigenvalue weighted by atomic mass is 32.1. The minimum absolute atomic E-state index is 0.274. The van der Waals surface area contributed by atoms with Gasteiger partial charge in [-0.1, -0.05) is 18.3 Å². The molecule has 0 amide bonds. The summed E-state index contributed by atoms with van der Waals surface area (Å²) in [4.78, 5) is 16.1. The Morgan fingerprint density at radius 1 is 1.14 bits per heavy atom. The van der Waals surface area contributed by atoms with Crippen molar-refractivity contribution in [3.05, 3.63) is 53.3 Å². The summed E-state index contributed by atoms with van der Waals surface area (Å²) >= 11 is 5.32. The van der Waals surface area contributed by atoms with E-state index >= 15 is 0 Å². The zero-order chi connectivity index (χ0) is 25.2. The predicted molar refractivity (Wildman–Crippen MR) is 136 cm³/mol. The summed E-state index contributed by atoms with van der Waals surface area (Å²) in [6.45, 7) is 3.69. The van der Waals surface area contributed by atoms with E-state index < -0.39 is 11.7 Å². The van der Waals surface area contributed by atoms with Gasteiger partial charge in [0, 0.05) is 36.0 Å². The van der Waals surface area contributed by atoms with Crippen molar-refractivity contribution in [1.29, 1.82) is 0 Å². The van der Waals surface area contributed by atoms with Gasteiger partial charge in [-0.15, -0.1) is 0 Å². The molecule has 7 nitrogen and oxygen atoms in total. The van der Waals surface area contributed by atoms with Crippen molar-refractivity contribution < 1.29 is 13.2 Å². The molecular weight excluding hydrogens is 475 g/mol. The molecule has 1 aliphatic rings. The van der Waals surface area contributed by atoms with Gasteiger partial charge < -0.3 is 20.9 Å². The number of thiocarbonyl (C=S) groups is 1. The van der Waals surface area contributed by atoms with E-state index in [-0.39, 0.29) is 5.69 Å². The second-order valence-electron chi connectivity index (χ2n) is 8.59. The number of nitrogens with zero attached hydrogens (tertiary/aromatic N) is 4. The number of halogens is 3. The number of fused-ring (bicyclic) bond motifs is 3. The molecule has 3 heterocycles. The number of pyridine rings is 1. The molecule has 0 spiro atoms. The predicted octanol–water partition coefficient (Wildman–Crippen LogP) is 5.27. The van der Waals surface area contributed by atoms with Gasteiger partial charge in [0.05, 0.1) is 27.6 Å². The summed E-state index contributed by atoms with van der Waals surface area (Å²) < 4.78 is 39.7. The van der Waals surface area contributed by atoms with Crippen LogP contribution in [0.3, 0.4) is 0 Å². The zero-order valence-corrected chi connectivity index (χ0v) is 20.4. The number of hydrogen-bond acceptors (Lipinski definition) is 7. The third-order valence-electron chi connectivity index (χ3n) is 5.51. The van der Waals surface area contributed by atoms with E-state index in [2.05, 4.69) is 35.8 Å². The van der Waals surface area contributed by atoms with Crippen LogP contribution < -0.4 is 16.0 Å². The summed E-state index contributed by atoms with van der Waals surface area (Å²) in [5, 5.41) is 9.41. The molecule has 1 aliphatic heterocycles. The lowest BCUT2D eigenvalue weighted by molar-refractivity contribution is -0.137. The number of anilines is 4. The van der Waals surface area contributed by atoms with Crippen LogP contribution >= 0.6 is 12.2 Å². The minimum atomic E-state index is -4.45. The van der Waals surface area contributed by atoms with E-state index in [1.54, 1.807) is 6.20 Å². The van der Waals surface area contributed by atoms with E-state index in [0.29, 0.717) is 28.6 Å². The van der Waals surface area contributed by atoms with Crippen LogP contribution in [0.5, 0.6) is 0 Å². The third kappa shape index (κ3) is 6.04. The molecule has 11 heteroatoms. The van der Waals surface area contributed by atoms with E-state index in [4.69, 9.17) is 12.2 Å². The van der Waals surface area contributed by atoms with Gasteiger partial charge in [-0.25, -0.2) is 15.0 Å². The van der Waals surface area contributed by atoms with E-state index in [1.165, 1.54) is 6.07 Å². The third-order valence-corrected chi connectivity index (χ3v) is 5.76. The maximum Gasteiger partial charge on any atom is 0.416 e. The Hall–Kier alpha value is -3.31. The van der Waals surface area contributed by atoms with Gasteiger partial charge in [0.25, 0.3) is 0 Å². The first-order chi connectivity index (χ1) is 16.6. The number of aryl methyl sites for hydroxylation is 1. The monoisotopic (exact) mass is 501 g/mol. The number of nitrogens with one attached hydrogen (secondary N) is 3. The molecule has 3 aromatic rings. The van der Waals surface area contributed by atoms with Gasteiger partial charge in [0.15, 0.2) is 0 Å². The Morgan fingerprint density at radius 3 is 2.66 bits per heavy atom. The molecular formula is C24H26F3N7S. The van der Waals surface area contributed by atoms with Crippen molar-refractivity contribution in [3.63, 3.8) is 0 Å². The second-order valence-corrected chi connectivity index (χ2v) is 9.08. The molecule has 184 valence electrons. The Kier molecular flexibility index (Phi) is 7.18. The summed E-state index contributed by atoms with van der Waals surface area (Å²) in [5.41, 5.74) is 2.82.